The number of piperidine rings is 1. The second-order valence-corrected chi connectivity index (χ2v) is 5.42. The average Bonchev–Trinajstić information content (AvgIpc) is 2.47. The number of hydrogen-bond donors (Lipinski definition) is 0. The third kappa shape index (κ3) is 4.10. The molecule has 1 fully saturated rings. The second kappa shape index (κ2) is 6.52. The molecule has 3 nitrogen and oxygen atoms in total. The molecule has 1 aliphatic heterocycles. The van der Waals surface area contributed by atoms with Crippen LogP contribution in [0, 0.1) is 0 Å². The minimum Gasteiger partial charge on any atom is -0.465 e. The molecule has 1 saturated heterocycles. The van der Waals surface area contributed by atoms with E-state index in [1.807, 2.05) is 0 Å². The summed E-state index contributed by atoms with van der Waals surface area (Å²) >= 11 is 0. The van der Waals surface area contributed by atoms with Gasteiger partial charge in [0.05, 0.1) is 19.2 Å². The molecule has 0 spiro atoms. The first kappa shape index (κ1) is 16.5. The first-order chi connectivity index (χ1) is 10.3. The maximum absolute atomic E-state index is 12.5. The summed E-state index contributed by atoms with van der Waals surface area (Å²) in [7, 11) is 1.30. The van der Waals surface area contributed by atoms with Crippen molar-refractivity contribution >= 4 is 5.97 Å². The van der Waals surface area contributed by atoms with E-state index >= 15 is 0 Å². The molecule has 6 heteroatoms. The number of methoxy groups -OCH3 is 1. The topological polar surface area (TPSA) is 29.5 Å². The molecule has 120 valence electrons. The van der Waals surface area contributed by atoms with Crippen LogP contribution in [0.2, 0.25) is 0 Å². The molecule has 0 aliphatic carbocycles. The Morgan fingerprint density at radius 3 is 2.55 bits per heavy atom. The third-order valence-corrected chi connectivity index (χ3v) is 3.82. The molecule has 1 aromatic rings. The van der Waals surface area contributed by atoms with Crippen LogP contribution in [0.5, 0.6) is 0 Å². The van der Waals surface area contributed by atoms with Gasteiger partial charge in [0.15, 0.2) is 0 Å². The van der Waals surface area contributed by atoms with Crippen molar-refractivity contribution in [2.75, 3.05) is 26.7 Å². The van der Waals surface area contributed by atoms with Gasteiger partial charge in [0.25, 0.3) is 0 Å². The minimum absolute atomic E-state index is 0.150. The SMILES string of the molecule is C=C1CCN(CC(F)(F)F)CC1c1ccc(C(=O)OC)cc1. The Morgan fingerprint density at radius 2 is 2.00 bits per heavy atom. The lowest BCUT2D eigenvalue weighted by Gasteiger charge is -2.35. The third-order valence-electron chi connectivity index (χ3n) is 3.82. The molecule has 1 aromatic carbocycles. The van der Waals surface area contributed by atoms with Crippen molar-refractivity contribution in [3.05, 3.63) is 47.5 Å². The number of alkyl halides is 3. The molecule has 1 aliphatic rings. The first-order valence-corrected chi connectivity index (χ1v) is 6.95. The smallest absolute Gasteiger partial charge is 0.401 e. The molecule has 0 N–H and O–H groups in total. The standard InChI is InChI=1S/C16H18F3NO2/c1-11-7-8-20(10-16(17,18)19)9-14(11)12-3-5-13(6-4-12)15(21)22-2/h3-6,14H,1,7-10H2,2H3. The van der Waals surface area contributed by atoms with Crippen LogP contribution >= 0.6 is 0 Å². The monoisotopic (exact) mass is 313 g/mol. The number of carbonyl (C=O) groups is 1. The molecule has 0 bridgehead atoms. The summed E-state index contributed by atoms with van der Waals surface area (Å²) < 4.78 is 42.2. The average molecular weight is 313 g/mol. The van der Waals surface area contributed by atoms with Crippen molar-refractivity contribution in [1.29, 1.82) is 0 Å². The number of likely N-dealkylation sites (tertiary alicyclic amines) is 1. The van der Waals surface area contributed by atoms with E-state index in [9.17, 15) is 18.0 Å². The minimum atomic E-state index is -4.20. The van der Waals surface area contributed by atoms with E-state index < -0.39 is 18.7 Å². The molecule has 2 rings (SSSR count). The van der Waals surface area contributed by atoms with E-state index in [0.717, 1.165) is 11.1 Å². The Kier molecular flexibility index (Phi) is 4.90. The molecule has 22 heavy (non-hydrogen) atoms. The number of esters is 1. The fourth-order valence-electron chi connectivity index (χ4n) is 2.66. The number of hydrogen-bond acceptors (Lipinski definition) is 3. The Labute approximate surface area is 127 Å². The molecule has 1 heterocycles. The number of ether oxygens (including phenoxy) is 1. The van der Waals surface area contributed by atoms with Crippen molar-refractivity contribution in [1.82, 2.24) is 4.90 Å². The summed E-state index contributed by atoms with van der Waals surface area (Å²) in [6, 6.07) is 6.74. The summed E-state index contributed by atoms with van der Waals surface area (Å²) in [4.78, 5) is 12.8. The van der Waals surface area contributed by atoms with Crippen LogP contribution in [-0.2, 0) is 4.74 Å². The van der Waals surface area contributed by atoms with Crippen LogP contribution in [-0.4, -0.2) is 43.8 Å². The maximum atomic E-state index is 12.5. The lowest BCUT2D eigenvalue weighted by atomic mass is 9.86. The quantitative estimate of drug-likeness (QED) is 0.633. The highest BCUT2D eigenvalue weighted by molar-refractivity contribution is 5.89. The van der Waals surface area contributed by atoms with Crippen molar-refractivity contribution in [3.8, 4) is 0 Å². The van der Waals surface area contributed by atoms with Gasteiger partial charge in [0.1, 0.15) is 0 Å². The molecule has 0 amide bonds. The Bertz CT molecular complexity index is 552. The summed E-state index contributed by atoms with van der Waals surface area (Å²) in [5.41, 5.74) is 2.20. The van der Waals surface area contributed by atoms with E-state index in [2.05, 4.69) is 11.3 Å². The molecule has 0 radical (unpaired) electrons. The van der Waals surface area contributed by atoms with Crippen molar-refractivity contribution in [2.24, 2.45) is 0 Å². The van der Waals surface area contributed by atoms with Crippen molar-refractivity contribution in [2.45, 2.75) is 18.5 Å². The Balaban J connectivity index is 2.12. The van der Waals surface area contributed by atoms with Gasteiger partial charge >= 0.3 is 12.1 Å². The highest BCUT2D eigenvalue weighted by Gasteiger charge is 2.34. The van der Waals surface area contributed by atoms with E-state index in [1.54, 1.807) is 24.3 Å². The number of benzene rings is 1. The Morgan fingerprint density at radius 1 is 1.36 bits per heavy atom. The molecular weight excluding hydrogens is 295 g/mol. The molecule has 1 unspecified atom stereocenters. The highest BCUT2D eigenvalue weighted by atomic mass is 19.4. The number of rotatable bonds is 3. The zero-order chi connectivity index (χ0) is 16.3. The van der Waals surface area contributed by atoms with Crippen LogP contribution in [0.4, 0.5) is 13.2 Å². The second-order valence-electron chi connectivity index (χ2n) is 5.42. The van der Waals surface area contributed by atoms with Crippen LogP contribution < -0.4 is 0 Å². The van der Waals surface area contributed by atoms with Gasteiger partial charge in [0.2, 0.25) is 0 Å². The predicted octanol–water partition coefficient (Wildman–Crippen LogP) is 3.38. The highest BCUT2D eigenvalue weighted by Crippen LogP contribution is 2.32. The van der Waals surface area contributed by atoms with Gasteiger partial charge in [-0.1, -0.05) is 24.3 Å². The van der Waals surface area contributed by atoms with Gasteiger partial charge in [0, 0.05) is 19.0 Å². The van der Waals surface area contributed by atoms with Crippen LogP contribution in [0.3, 0.4) is 0 Å². The van der Waals surface area contributed by atoms with Crippen molar-refractivity contribution < 1.29 is 22.7 Å². The van der Waals surface area contributed by atoms with E-state index in [4.69, 9.17) is 0 Å². The molecular formula is C16H18F3NO2. The van der Waals surface area contributed by atoms with Crippen LogP contribution in [0.1, 0.15) is 28.3 Å². The summed E-state index contributed by atoms with van der Waals surface area (Å²) in [6.45, 7) is 3.73. The van der Waals surface area contributed by atoms with Gasteiger partial charge in [-0.25, -0.2) is 4.79 Å². The fraction of sp³-hybridized carbons (Fsp3) is 0.438. The van der Waals surface area contributed by atoms with Gasteiger partial charge in [-0.3, -0.25) is 4.90 Å². The normalized spacial score (nSPS) is 20.0. The first-order valence-electron chi connectivity index (χ1n) is 6.95. The Hall–Kier alpha value is -1.82. The van der Waals surface area contributed by atoms with E-state index in [1.165, 1.54) is 12.0 Å². The van der Waals surface area contributed by atoms with Gasteiger partial charge in [-0.05, 0) is 24.1 Å². The van der Waals surface area contributed by atoms with Crippen LogP contribution in [0.15, 0.2) is 36.4 Å². The zero-order valence-electron chi connectivity index (χ0n) is 12.3. The summed E-state index contributed by atoms with van der Waals surface area (Å²) in [6.07, 6.45) is -3.66. The lowest BCUT2D eigenvalue weighted by Crippen LogP contribution is -2.41. The zero-order valence-corrected chi connectivity index (χ0v) is 12.3. The summed E-state index contributed by atoms with van der Waals surface area (Å²) in [5.74, 6) is -0.587. The molecule has 0 aromatic heterocycles. The van der Waals surface area contributed by atoms with Crippen LogP contribution in [0.25, 0.3) is 0 Å². The number of halogens is 3. The number of nitrogens with zero attached hydrogens (tertiary/aromatic N) is 1. The number of carbonyl (C=O) groups excluding carboxylic acids is 1. The van der Waals surface area contributed by atoms with Gasteiger partial charge < -0.3 is 4.74 Å². The summed E-state index contributed by atoms with van der Waals surface area (Å²) in [5, 5.41) is 0. The van der Waals surface area contributed by atoms with E-state index in [0.29, 0.717) is 18.5 Å². The predicted molar refractivity (Wildman–Crippen MR) is 76.8 cm³/mol. The van der Waals surface area contributed by atoms with Gasteiger partial charge in [-0.2, -0.15) is 13.2 Å². The molecule has 0 saturated carbocycles. The molecule has 1 atom stereocenters. The van der Waals surface area contributed by atoms with E-state index in [-0.39, 0.29) is 12.5 Å². The van der Waals surface area contributed by atoms with Gasteiger partial charge in [-0.15, -0.1) is 0 Å². The maximum Gasteiger partial charge on any atom is 0.401 e. The van der Waals surface area contributed by atoms with Crippen molar-refractivity contribution in [3.63, 3.8) is 0 Å². The lowest BCUT2D eigenvalue weighted by molar-refractivity contribution is -0.147. The largest absolute Gasteiger partial charge is 0.465 e. The fourth-order valence-corrected chi connectivity index (χ4v) is 2.66.